The SMILES string of the molecule is CC(C)(C)BC#N. The average Bonchev–Trinajstić information content (AvgIpc) is 1.30. The van der Waals surface area contributed by atoms with E-state index in [2.05, 4.69) is 26.7 Å². The Balaban J connectivity index is 3.40. The molecule has 0 radical (unpaired) electrons. The topological polar surface area (TPSA) is 23.8 Å². The van der Waals surface area contributed by atoms with Gasteiger partial charge in [-0.1, -0.05) is 20.8 Å². The predicted molar refractivity (Wildman–Crippen MR) is 32.5 cm³/mol. The lowest BCUT2D eigenvalue weighted by Gasteiger charge is -2.08. The average molecular weight is 95.0 g/mol. The van der Waals surface area contributed by atoms with Gasteiger partial charge in [-0.05, 0) is 11.3 Å². The molecule has 0 atom stereocenters. The molecule has 0 aliphatic carbocycles. The molecule has 0 unspecified atom stereocenters. The summed E-state index contributed by atoms with van der Waals surface area (Å²) in [6.45, 7) is 6.16. The first-order chi connectivity index (χ1) is 3.06. The maximum Gasteiger partial charge on any atom is 0.255 e. The molecule has 0 rings (SSSR count). The van der Waals surface area contributed by atoms with E-state index < -0.39 is 0 Å². The second kappa shape index (κ2) is 2.02. The van der Waals surface area contributed by atoms with Gasteiger partial charge in [0.15, 0.2) is 0 Å². The highest BCUT2D eigenvalue weighted by molar-refractivity contribution is 6.48. The van der Waals surface area contributed by atoms with Gasteiger partial charge >= 0.3 is 0 Å². The molecule has 1 nitrogen and oxygen atoms in total. The molecule has 0 bridgehead atoms. The van der Waals surface area contributed by atoms with Gasteiger partial charge in [-0.25, -0.2) is 5.26 Å². The van der Waals surface area contributed by atoms with Crippen molar-refractivity contribution in [1.82, 2.24) is 0 Å². The van der Waals surface area contributed by atoms with Crippen molar-refractivity contribution in [3.63, 3.8) is 0 Å². The molecule has 7 heavy (non-hydrogen) atoms. The molecular weight excluding hydrogens is 84.9 g/mol. The Morgan fingerprint density at radius 3 is 1.86 bits per heavy atom. The summed E-state index contributed by atoms with van der Waals surface area (Å²) in [4.78, 5) is 0. The van der Waals surface area contributed by atoms with Crippen molar-refractivity contribution in [2.75, 3.05) is 0 Å². The summed E-state index contributed by atoms with van der Waals surface area (Å²) in [7, 11) is 0.646. The minimum Gasteiger partial charge on any atom is -0.213 e. The van der Waals surface area contributed by atoms with E-state index in [4.69, 9.17) is 5.26 Å². The zero-order valence-electron chi connectivity index (χ0n) is 5.15. The van der Waals surface area contributed by atoms with Gasteiger partial charge in [0.1, 0.15) is 0 Å². The maximum atomic E-state index is 8.15. The van der Waals surface area contributed by atoms with Crippen LogP contribution in [0.5, 0.6) is 0 Å². The van der Waals surface area contributed by atoms with Crippen LogP contribution in [0.1, 0.15) is 20.8 Å². The quantitative estimate of drug-likeness (QED) is 0.413. The van der Waals surface area contributed by atoms with Crippen molar-refractivity contribution in [3.8, 4) is 5.97 Å². The van der Waals surface area contributed by atoms with E-state index in [-0.39, 0.29) is 5.31 Å². The van der Waals surface area contributed by atoms with Gasteiger partial charge in [0.05, 0.1) is 0 Å². The van der Waals surface area contributed by atoms with Crippen LogP contribution in [0.3, 0.4) is 0 Å². The van der Waals surface area contributed by atoms with Crippen molar-refractivity contribution >= 4 is 7.28 Å². The third kappa shape index (κ3) is 5.55. The highest BCUT2D eigenvalue weighted by atomic mass is 14.2. The van der Waals surface area contributed by atoms with E-state index in [0.717, 1.165) is 0 Å². The molecule has 0 saturated carbocycles. The van der Waals surface area contributed by atoms with Crippen LogP contribution in [0, 0.1) is 11.2 Å². The van der Waals surface area contributed by atoms with Crippen LogP contribution in [0.25, 0.3) is 0 Å². The van der Waals surface area contributed by atoms with Crippen molar-refractivity contribution < 1.29 is 0 Å². The summed E-state index contributed by atoms with van der Waals surface area (Å²) >= 11 is 0. The first kappa shape index (κ1) is 6.55. The molecule has 0 aromatic carbocycles. The molecule has 0 N–H and O–H groups in total. The third-order valence-electron chi connectivity index (χ3n) is 0.609. The van der Waals surface area contributed by atoms with E-state index in [1.807, 2.05) is 0 Å². The van der Waals surface area contributed by atoms with Crippen LogP contribution in [0.4, 0.5) is 0 Å². The number of rotatable bonds is 0. The van der Waals surface area contributed by atoms with E-state index in [1.54, 1.807) is 0 Å². The molecule has 0 aromatic heterocycles. The summed E-state index contributed by atoms with van der Waals surface area (Å²) < 4.78 is 0. The minimum atomic E-state index is 0.189. The summed E-state index contributed by atoms with van der Waals surface area (Å²) in [6, 6.07) is 0. The van der Waals surface area contributed by atoms with Crippen LogP contribution in [-0.4, -0.2) is 7.28 Å². The van der Waals surface area contributed by atoms with E-state index in [9.17, 15) is 0 Å². The van der Waals surface area contributed by atoms with Crippen LogP contribution in [0.15, 0.2) is 0 Å². The van der Waals surface area contributed by atoms with E-state index >= 15 is 0 Å². The lowest BCUT2D eigenvalue weighted by atomic mass is 9.57. The molecule has 0 aliphatic heterocycles. The fourth-order valence-corrected chi connectivity index (χ4v) is 0.237. The first-order valence-electron chi connectivity index (χ1n) is 2.43. The Morgan fingerprint density at radius 1 is 1.43 bits per heavy atom. The van der Waals surface area contributed by atoms with Gasteiger partial charge in [0.25, 0.3) is 7.28 Å². The molecule has 0 spiro atoms. The highest BCUT2D eigenvalue weighted by Crippen LogP contribution is 2.18. The second-order valence-electron chi connectivity index (χ2n) is 2.90. The molecule has 0 aromatic rings. The molecule has 0 aliphatic rings. The van der Waals surface area contributed by atoms with Crippen molar-refractivity contribution in [1.29, 1.82) is 5.26 Å². The van der Waals surface area contributed by atoms with Gasteiger partial charge in [-0.15, -0.1) is 0 Å². The molecule has 38 valence electrons. The van der Waals surface area contributed by atoms with Crippen molar-refractivity contribution in [3.05, 3.63) is 0 Å². The number of nitrogens with zero attached hydrogens (tertiary/aromatic N) is 1. The molecule has 2 heteroatoms. The smallest absolute Gasteiger partial charge is 0.213 e. The molecule has 0 amide bonds. The van der Waals surface area contributed by atoms with E-state index in [1.165, 1.54) is 0 Å². The minimum absolute atomic E-state index is 0.189. The molecule has 0 saturated heterocycles. The fourth-order valence-electron chi connectivity index (χ4n) is 0.237. The van der Waals surface area contributed by atoms with Crippen LogP contribution < -0.4 is 0 Å². The maximum absolute atomic E-state index is 8.15. The standard InChI is InChI=1S/C5H10BN/c1-5(2,3)6-4-7/h6H,1-3H3. The van der Waals surface area contributed by atoms with Crippen molar-refractivity contribution in [2.24, 2.45) is 0 Å². The number of hydrogen-bond donors (Lipinski definition) is 0. The van der Waals surface area contributed by atoms with E-state index in [0.29, 0.717) is 7.28 Å². The number of nitriles is 1. The summed E-state index contributed by atoms with van der Waals surface area (Å²) in [5.74, 6) is 2.11. The van der Waals surface area contributed by atoms with Gasteiger partial charge in [-0.2, -0.15) is 0 Å². The Morgan fingerprint density at radius 2 is 1.86 bits per heavy atom. The van der Waals surface area contributed by atoms with Gasteiger partial charge < -0.3 is 0 Å². The van der Waals surface area contributed by atoms with Crippen LogP contribution >= 0.6 is 0 Å². The summed E-state index contributed by atoms with van der Waals surface area (Å²) in [5.41, 5.74) is 0. The summed E-state index contributed by atoms with van der Waals surface area (Å²) in [5, 5.41) is 8.34. The second-order valence-corrected chi connectivity index (χ2v) is 2.90. The molecule has 0 heterocycles. The lowest BCUT2D eigenvalue weighted by Crippen LogP contribution is -2.04. The first-order valence-corrected chi connectivity index (χ1v) is 2.43. The van der Waals surface area contributed by atoms with Crippen LogP contribution in [-0.2, 0) is 0 Å². The highest BCUT2D eigenvalue weighted by Gasteiger charge is 2.10. The largest absolute Gasteiger partial charge is 0.255 e. The molecular formula is C5H10BN. The fraction of sp³-hybridized carbons (Fsp3) is 0.800. The Hall–Kier alpha value is -0.445. The van der Waals surface area contributed by atoms with Crippen LogP contribution in [0.2, 0.25) is 5.31 Å². The number of hydrogen-bond acceptors (Lipinski definition) is 1. The van der Waals surface area contributed by atoms with Gasteiger partial charge in [0, 0.05) is 0 Å². The normalized spacial score (nSPS) is 10.0. The summed E-state index contributed by atoms with van der Waals surface area (Å²) in [6.07, 6.45) is 0. The Kier molecular flexibility index (Phi) is 1.89. The molecule has 0 fully saturated rings. The zero-order valence-corrected chi connectivity index (χ0v) is 5.15. The predicted octanol–water partition coefficient (Wildman–Crippen LogP) is 1.12. The van der Waals surface area contributed by atoms with Crippen molar-refractivity contribution in [2.45, 2.75) is 26.1 Å². The zero-order chi connectivity index (χ0) is 5.91. The Bertz CT molecular complexity index is 85.2. The third-order valence-corrected chi connectivity index (χ3v) is 0.609. The lowest BCUT2D eigenvalue weighted by molar-refractivity contribution is 0.759. The van der Waals surface area contributed by atoms with Gasteiger partial charge in [-0.3, -0.25) is 0 Å². The monoisotopic (exact) mass is 95.1 g/mol. The Labute approximate surface area is 45.6 Å². The van der Waals surface area contributed by atoms with Gasteiger partial charge in [0.2, 0.25) is 0 Å².